The number of carbonyl (C=O) groups excluding carboxylic acids is 1. The lowest BCUT2D eigenvalue weighted by atomic mass is 10.2. The molecule has 0 N–H and O–H groups in total. The van der Waals surface area contributed by atoms with E-state index in [2.05, 4.69) is 15.2 Å². The minimum atomic E-state index is -0.437. The molecule has 3 heterocycles. The van der Waals surface area contributed by atoms with Gasteiger partial charge in [0.05, 0.1) is 5.56 Å². The molecule has 0 aliphatic rings. The second-order valence-corrected chi connectivity index (χ2v) is 7.37. The van der Waals surface area contributed by atoms with Crippen LogP contribution in [0.5, 0.6) is 0 Å². The van der Waals surface area contributed by atoms with Crippen LogP contribution >= 0.6 is 0 Å². The van der Waals surface area contributed by atoms with Crippen molar-refractivity contribution in [1.82, 2.24) is 29.2 Å². The zero-order valence-corrected chi connectivity index (χ0v) is 17.9. The first-order valence-electron chi connectivity index (χ1n) is 10.5. The van der Waals surface area contributed by atoms with Crippen molar-refractivity contribution in [3.8, 4) is 22.8 Å². The monoisotopic (exact) mass is 438 g/mol. The highest BCUT2D eigenvalue weighted by molar-refractivity contribution is 5.76. The smallest absolute Gasteiger partial charge is 0.341 e. The van der Waals surface area contributed by atoms with Crippen LogP contribution < -0.4 is 5.69 Å². The van der Waals surface area contributed by atoms with Crippen LogP contribution in [0, 0.1) is 5.82 Å². The first kappa shape index (κ1) is 21.4. The zero-order chi connectivity index (χ0) is 22.7. The highest BCUT2D eigenvalue weighted by atomic mass is 19.1. The predicted octanol–water partition coefficient (Wildman–Crippen LogP) is 3.00. The summed E-state index contributed by atoms with van der Waals surface area (Å²) < 4.78 is 21.4. The molecule has 3 aromatic heterocycles. The lowest BCUT2D eigenvalue weighted by Gasteiger charge is -2.20. The fourth-order valence-electron chi connectivity index (χ4n) is 3.51. The average Bonchev–Trinajstić information content (AvgIpc) is 3.39. The van der Waals surface area contributed by atoms with Crippen molar-refractivity contribution in [2.75, 3.05) is 13.1 Å². The molecule has 0 saturated heterocycles. The van der Waals surface area contributed by atoms with Gasteiger partial charge in [-0.15, -0.1) is 5.10 Å². The summed E-state index contributed by atoms with van der Waals surface area (Å²) in [5.74, 6) is -0.219. The van der Waals surface area contributed by atoms with Crippen LogP contribution in [-0.4, -0.2) is 48.2 Å². The molecule has 9 nitrogen and oxygen atoms in total. The van der Waals surface area contributed by atoms with Crippen molar-refractivity contribution >= 4 is 11.6 Å². The number of halogens is 1. The fraction of sp³-hybridized carbons (Fsp3) is 0.318. The van der Waals surface area contributed by atoms with E-state index in [-0.39, 0.29) is 29.8 Å². The number of carbonyl (C=O) groups is 1. The molecule has 4 rings (SSSR count). The highest BCUT2D eigenvalue weighted by Gasteiger charge is 2.20. The molecule has 0 saturated carbocycles. The number of amides is 1. The number of fused-ring (bicyclic) bond motifs is 1. The van der Waals surface area contributed by atoms with E-state index >= 15 is 0 Å². The Kier molecular flexibility index (Phi) is 6.11. The molecule has 0 fully saturated rings. The molecular formula is C22H23FN6O3. The van der Waals surface area contributed by atoms with E-state index in [9.17, 15) is 14.0 Å². The molecular weight excluding hydrogens is 415 g/mol. The van der Waals surface area contributed by atoms with E-state index in [1.54, 1.807) is 35.4 Å². The molecule has 166 valence electrons. The Morgan fingerprint density at radius 1 is 1.16 bits per heavy atom. The zero-order valence-electron chi connectivity index (χ0n) is 17.9. The van der Waals surface area contributed by atoms with Crippen LogP contribution in [0.3, 0.4) is 0 Å². The Labute approximate surface area is 183 Å². The lowest BCUT2D eigenvalue weighted by Crippen LogP contribution is -2.37. The van der Waals surface area contributed by atoms with E-state index in [1.165, 1.54) is 16.5 Å². The van der Waals surface area contributed by atoms with E-state index in [0.717, 1.165) is 17.5 Å². The summed E-state index contributed by atoms with van der Waals surface area (Å²) in [4.78, 5) is 31.6. The third-order valence-corrected chi connectivity index (χ3v) is 4.97. The minimum Gasteiger partial charge on any atom is -0.341 e. The molecule has 0 aliphatic heterocycles. The molecule has 0 aliphatic carbocycles. The number of pyridine rings is 1. The normalized spacial score (nSPS) is 11.2. The second kappa shape index (κ2) is 9.13. The molecule has 0 atom stereocenters. The van der Waals surface area contributed by atoms with Gasteiger partial charge in [0.2, 0.25) is 11.7 Å². The summed E-state index contributed by atoms with van der Waals surface area (Å²) in [6, 6.07) is 9.20. The minimum absolute atomic E-state index is 0.136. The summed E-state index contributed by atoms with van der Waals surface area (Å²) in [6.07, 6.45) is 3.23. The lowest BCUT2D eigenvalue weighted by molar-refractivity contribution is -0.132. The molecule has 32 heavy (non-hydrogen) atoms. The molecule has 1 amide bonds. The second-order valence-electron chi connectivity index (χ2n) is 7.37. The van der Waals surface area contributed by atoms with Crippen molar-refractivity contribution in [3.63, 3.8) is 0 Å². The standard InChI is InChI=1S/C22H23FN6O3/c1-3-10-27(11-4-2)18(30)14-29-22(31)28-12-6-9-17(20(28)25-29)21-24-19(26-32-21)15-7-5-8-16(23)13-15/h5-9,12-13H,3-4,10-11,14H2,1-2H3. The molecule has 0 bridgehead atoms. The van der Waals surface area contributed by atoms with Crippen molar-refractivity contribution < 1.29 is 13.7 Å². The van der Waals surface area contributed by atoms with Gasteiger partial charge in [0, 0.05) is 24.8 Å². The maximum atomic E-state index is 13.5. The summed E-state index contributed by atoms with van der Waals surface area (Å²) in [5.41, 5.74) is 0.752. The van der Waals surface area contributed by atoms with Crippen LogP contribution in [0.2, 0.25) is 0 Å². The van der Waals surface area contributed by atoms with Crippen molar-refractivity contribution in [2.24, 2.45) is 0 Å². The Morgan fingerprint density at radius 3 is 2.66 bits per heavy atom. The SMILES string of the molecule is CCCN(CCC)C(=O)Cn1nc2c(-c3nc(-c4cccc(F)c4)no3)cccn2c1=O. The Morgan fingerprint density at radius 2 is 1.94 bits per heavy atom. The summed E-state index contributed by atoms with van der Waals surface area (Å²) in [6.45, 7) is 5.11. The van der Waals surface area contributed by atoms with Gasteiger partial charge in [-0.1, -0.05) is 31.1 Å². The average molecular weight is 438 g/mol. The van der Waals surface area contributed by atoms with Gasteiger partial charge in [-0.05, 0) is 37.1 Å². The predicted molar refractivity (Wildman–Crippen MR) is 115 cm³/mol. The van der Waals surface area contributed by atoms with Gasteiger partial charge in [0.25, 0.3) is 5.89 Å². The van der Waals surface area contributed by atoms with Crippen LogP contribution in [0.1, 0.15) is 26.7 Å². The fourth-order valence-corrected chi connectivity index (χ4v) is 3.51. The highest BCUT2D eigenvalue weighted by Crippen LogP contribution is 2.24. The van der Waals surface area contributed by atoms with Gasteiger partial charge in [0.15, 0.2) is 5.65 Å². The number of benzene rings is 1. The molecule has 4 aromatic rings. The van der Waals surface area contributed by atoms with Crippen LogP contribution in [0.25, 0.3) is 28.5 Å². The molecule has 0 radical (unpaired) electrons. The van der Waals surface area contributed by atoms with Gasteiger partial charge in [-0.2, -0.15) is 4.98 Å². The van der Waals surface area contributed by atoms with Crippen molar-refractivity contribution in [2.45, 2.75) is 33.2 Å². The van der Waals surface area contributed by atoms with Gasteiger partial charge < -0.3 is 9.42 Å². The van der Waals surface area contributed by atoms with Crippen molar-refractivity contribution in [3.05, 3.63) is 58.9 Å². The first-order chi connectivity index (χ1) is 15.5. The quantitative estimate of drug-likeness (QED) is 0.419. The van der Waals surface area contributed by atoms with Gasteiger partial charge in [-0.25, -0.2) is 18.3 Å². The van der Waals surface area contributed by atoms with E-state index < -0.39 is 11.5 Å². The van der Waals surface area contributed by atoms with Crippen LogP contribution in [-0.2, 0) is 11.3 Å². The number of rotatable bonds is 8. The van der Waals surface area contributed by atoms with Gasteiger partial charge in [0.1, 0.15) is 12.4 Å². The first-order valence-corrected chi connectivity index (χ1v) is 10.5. The Bertz CT molecular complexity index is 1300. The number of nitrogens with zero attached hydrogens (tertiary/aromatic N) is 6. The number of hydrogen-bond donors (Lipinski definition) is 0. The van der Waals surface area contributed by atoms with Crippen LogP contribution in [0.4, 0.5) is 4.39 Å². The maximum absolute atomic E-state index is 13.5. The van der Waals surface area contributed by atoms with Gasteiger partial charge >= 0.3 is 5.69 Å². The Balaban J connectivity index is 1.68. The summed E-state index contributed by atoms with van der Waals surface area (Å²) in [7, 11) is 0. The summed E-state index contributed by atoms with van der Waals surface area (Å²) >= 11 is 0. The largest absolute Gasteiger partial charge is 0.350 e. The number of aromatic nitrogens is 5. The molecule has 10 heteroatoms. The van der Waals surface area contributed by atoms with E-state index in [0.29, 0.717) is 24.2 Å². The topological polar surface area (TPSA) is 98.5 Å². The molecule has 0 unspecified atom stereocenters. The van der Waals surface area contributed by atoms with E-state index in [4.69, 9.17) is 4.52 Å². The molecule has 0 spiro atoms. The Hall–Kier alpha value is -3.82. The van der Waals surface area contributed by atoms with Gasteiger partial charge in [-0.3, -0.25) is 4.79 Å². The number of hydrogen-bond acceptors (Lipinski definition) is 6. The third kappa shape index (κ3) is 4.16. The summed E-state index contributed by atoms with van der Waals surface area (Å²) in [5, 5.41) is 8.28. The van der Waals surface area contributed by atoms with Crippen molar-refractivity contribution in [1.29, 1.82) is 0 Å². The third-order valence-electron chi connectivity index (χ3n) is 4.97. The van der Waals surface area contributed by atoms with E-state index in [1.807, 2.05) is 13.8 Å². The van der Waals surface area contributed by atoms with Crippen LogP contribution in [0.15, 0.2) is 51.9 Å². The molecule has 1 aromatic carbocycles. The maximum Gasteiger partial charge on any atom is 0.350 e.